The Labute approximate surface area is 154 Å². The fourth-order valence-corrected chi connectivity index (χ4v) is 3.14. The molecule has 1 aliphatic rings. The number of nitrogens with zero attached hydrogens (tertiary/aromatic N) is 2. The molecule has 3 rings (SSSR count). The molecule has 0 aliphatic carbocycles. The molecule has 4 nitrogen and oxygen atoms in total. The Morgan fingerprint density at radius 3 is 2.58 bits per heavy atom. The van der Waals surface area contributed by atoms with Crippen LogP contribution >= 0.6 is 0 Å². The summed E-state index contributed by atoms with van der Waals surface area (Å²) >= 11 is 0. The molecule has 0 amide bonds. The van der Waals surface area contributed by atoms with E-state index in [9.17, 15) is 4.79 Å². The van der Waals surface area contributed by atoms with E-state index >= 15 is 0 Å². The number of aromatic nitrogens is 1. The van der Waals surface area contributed by atoms with E-state index in [1.807, 2.05) is 18.2 Å². The lowest BCUT2D eigenvalue weighted by molar-refractivity contribution is -0.131. The average Bonchev–Trinajstić information content (AvgIpc) is 3.15. The molecule has 0 radical (unpaired) electrons. The summed E-state index contributed by atoms with van der Waals surface area (Å²) in [5, 5.41) is 8.83. The highest BCUT2D eigenvalue weighted by molar-refractivity contribution is 5.85. The number of hydrogen-bond acceptors (Lipinski definition) is 3. The average molecular weight is 348 g/mol. The highest BCUT2D eigenvalue weighted by Crippen LogP contribution is 2.23. The van der Waals surface area contributed by atoms with Crippen LogP contribution in [0.5, 0.6) is 0 Å². The van der Waals surface area contributed by atoms with E-state index in [-0.39, 0.29) is 0 Å². The van der Waals surface area contributed by atoms with Crippen LogP contribution in [0.25, 0.3) is 11.6 Å². The zero-order valence-corrected chi connectivity index (χ0v) is 15.1. The highest BCUT2D eigenvalue weighted by atomic mass is 16.4. The molecule has 0 saturated carbocycles. The lowest BCUT2D eigenvalue weighted by Gasteiger charge is -2.14. The Hall–Kier alpha value is -2.72. The van der Waals surface area contributed by atoms with E-state index in [1.54, 1.807) is 0 Å². The van der Waals surface area contributed by atoms with Crippen LogP contribution in [0.15, 0.2) is 54.6 Å². The molecule has 0 atom stereocenters. The first-order valence-electron chi connectivity index (χ1n) is 9.00. The molecule has 0 unspecified atom stereocenters. The van der Waals surface area contributed by atoms with Crippen LogP contribution in [0.4, 0.5) is 0 Å². The minimum Gasteiger partial charge on any atom is -0.478 e. The lowest BCUT2D eigenvalue weighted by Crippen LogP contribution is -2.19. The van der Waals surface area contributed by atoms with E-state index in [4.69, 9.17) is 5.11 Å². The summed E-state index contributed by atoms with van der Waals surface area (Å²) in [6, 6.07) is 14.2. The molecule has 0 bridgehead atoms. The summed E-state index contributed by atoms with van der Waals surface area (Å²) in [5.41, 5.74) is 4.94. The van der Waals surface area contributed by atoms with Gasteiger partial charge in [-0.25, -0.2) is 9.78 Å². The van der Waals surface area contributed by atoms with Crippen molar-refractivity contribution in [3.05, 3.63) is 77.1 Å². The second-order valence-corrected chi connectivity index (χ2v) is 6.61. The zero-order chi connectivity index (χ0) is 18.4. The maximum absolute atomic E-state index is 10.8. The van der Waals surface area contributed by atoms with Crippen molar-refractivity contribution in [1.29, 1.82) is 0 Å². The number of carboxylic acid groups (broad SMARTS) is 1. The number of rotatable bonds is 6. The van der Waals surface area contributed by atoms with Crippen molar-refractivity contribution < 1.29 is 9.90 Å². The largest absolute Gasteiger partial charge is 0.478 e. The van der Waals surface area contributed by atoms with Crippen molar-refractivity contribution in [2.75, 3.05) is 19.6 Å². The number of hydrogen-bond donors (Lipinski definition) is 1. The molecule has 1 aromatic heterocycles. The normalized spacial score (nSPS) is 15.7. The number of benzene rings is 1. The van der Waals surface area contributed by atoms with E-state index in [2.05, 4.69) is 47.1 Å². The van der Waals surface area contributed by atoms with Gasteiger partial charge in [-0.15, -0.1) is 0 Å². The third kappa shape index (κ3) is 4.90. The number of aliphatic carboxylic acids is 1. The standard InChI is InChI=1S/C22H24N2O2/c1-17-7-9-18(10-8-17)20(13-16-24-14-2-3-15-24)21-6-4-5-19(23-21)11-12-22(25)26/h4-13H,2-3,14-16H2,1H3,(H,25,26)/b12-11?,20-13+. The Balaban J connectivity index is 1.94. The van der Waals surface area contributed by atoms with Crippen LogP contribution in [0.3, 0.4) is 0 Å². The smallest absolute Gasteiger partial charge is 0.328 e. The summed E-state index contributed by atoms with van der Waals surface area (Å²) in [6.07, 6.45) is 7.41. The maximum atomic E-state index is 10.8. The van der Waals surface area contributed by atoms with Crippen molar-refractivity contribution >= 4 is 17.6 Å². The van der Waals surface area contributed by atoms with Crippen LogP contribution in [0.1, 0.15) is 35.4 Å². The first kappa shape index (κ1) is 18.1. The summed E-state index contributed by atoms with van der Waals surface area (Å²) in [5.74, 6) is -0.972. The fourth-order valence-electron chi connectivity index (χ4n) is 3.14. The summed E-state index contributed by atoms with van der Waals surface area (Å²) < 4.78 is 0. The fraction of sp³-hybridized carbons (Fsp3) is 0.273. The molecule has 2 aromatic rings. The minimum atomic E-state index is -0.972. The number of pyridine rings is 1. The van der Waals surface area contributed by atoms with Gasteiger partial charge in [-0.3, -0.25) is 4.90 Å². The van der Waals surface area contributed by atoms with Gasteiger partial charge in [-0.2, -0.15) is 0 Å². The predicted octanol–water partition coefficient (Wildman–Crippen LogP) is 4.02. The van der Waals surface area contributed by atoms with Crippen LogP contribution in [-0.4, -0.2) is 40.6 Å². The first-order chi connectivity index (χ1) is 12.6. The Morgan fingerprint density at radius 1 is 1.15 bits per heavy atom. The molecule has 4 heteroatoms. The third-order valence-electron chi connectivity index (χ3n) is 4.56. The molecule has 1 saturated heterocycles. The van der Waals surface area contributed by atoms with Gasteiger partial charge in [-0.1, -0.05) is 42.0 Å². The van der Waals surface area contributed by atoms with Gasteiger partial charge in [0.2, 0.25) is 0 Å². The van der Waals surface area contributed by atoms with Crippen LogP contribution in [0.2, 0.25) is 0 Å². The SMILES string of the molecule is Cc1ccc(/C(=C\CN2CCCC2)c2cccc(C=CC(=O)O)n2)cc1. The Morgan fingerprint density at radius 2 is 1.88 bits per heavy atom. The van der Waals surface area contributed by atoms with Gasteiger partial charge in [0.1, 0.15) is 0 Å². The zero-order valence-electron chi connectivity index (χ0n) is 15.1. The van der Waals surface area contributed by atoms with Crippen LogP contribution < -0.4 is 0 Å². The molecule has 1 aromatic carbocycles. The van der Waals surface area contributed by atoms with Crippen molar-refractivity contribution in [1.82, 2.24) is 9.88 Å². The molecule has 134 valence electrons. The summed E-state index contributed by atoms with van der Waals surface area (Å²) in [4.78, 5) is 17.9. The minimum absolute atomic E-state index is 0.643. The second kappa shape index (κ2) is 8.59. The van der Waals surface area contributed by atoms with Gasteiger partial charge in [0.25, 0.3) is 0 Å². The molecule has 0 spiro atoms. The van der Waals surface area contributed by atoms with Gasteiger partial charge in [0, 0.05) is 18.2 Å². The molecule has 1 aliphatic heterocycles. The highest BCUT2D eigenvalue weighted by Gasteiger charge is 2.12. The van der Waals surface area contributed by atoms with Crippen LogP contribution in [0, 0.1) is 6.92 Å². The maximum Gasteiger partial charge on any atom is 0.328 e. The van der Waals surface area contributed by atoms with E-state index in [1.165, 1.54) is 24.5 Å². The van der Waals surface area contributed by atoms with Crippen LogP contribution in [-0.2, 0) is 4.79 Å². The van der Waals surface area contributed by atoms with Crippen molar-refractivity contribution in [2.24, 2.45) is 0 Å². The molecule has 2 heterocycles. The Bertz CT molecular complexity index is 816. The van der Waals surface area contributed by atoms with E-state index in [0.717, 1.165) is 42.5 Å². The lowest BCUT2D eigenvalue weighted by atomic mass is 10.00. The third-order valence-corrected chi connectivity index (χ3v) is 4.56. The molecular weight excluding hydrogens is 324 g/mol. The summed E-state index contributed by atoms with van der Waals surface area (Å²) in [7, 11) is 0. The van der Waals surface area contributed by atoms with Crippen molar-refractivity contribution in [3.8, 4) is 0 Å². The number of aryl methyl sites for hydroxylation is 1. The quantitative estimate of drug-likeness (QED) is 0.801. The number of carboxylic acids is 1. The van der Waals surface area contributed by atoms with Gasteiger partial charge in [0.15, 0.2) is 0 Å². The first-order valence-corrected chi connectivity index (χ1v) is 9.00. The monoisotopic (exact) mass is 348 g/mol. The molecular formula is C22H24N2O2. The second-order valence-electron chi connectivity index (χ2n) is 6.61. The number of carbonyl (C=O) groups is 1. The van der Waals surface area contributed by atoms with Gasteiger partial charge >= 0.3 is 5.97 Å². The number of likely N-dealkylation sites (tertiary alicyclic amines) is 1. The van der Waals surface area contributed by atoms with Crippen molar-refractivity contribution in [2.45, 2.75) is 19.8 Å². The molecule has 26 heavy (non-hydrogen) atoms. The van der Waals surface area contributed by atoms with Gasteiger partial charge in [0.05, 0.1) is 11.4 Å². The molecule has 1 N–H and O–H groups in total. The summed E-state index contributed by atoms with van der Waals surface area (Å²) in [6.45, 7) is 5.27. The van der Waals surface area contributed by atoms with E-state index < -0.39 is 5.97 Å². The van der Waals surface area contributed by atoms with E-state index in [0.29, 0.717) is 5.69 Å². The molecule has 1 fully saturated rings. The van der Waals surface area contributed by atoms with Gasteiger partial charge < -0.3 is 5.11 Å². The van der Waals surface area contributed by atoms with Gasteiger partial charge in [-0.05, 0) is 56.6 Å². The predicted molar refractivity (Wildman–Crippen MR) is 105 cm³/mol. The van der Waals surface area contributed by atoms with Crippen molar-refractivity contribution in [3.63, 3.8) is 0 Å². The topological polar surface area (TPSA) is 53.4 Å². The Kier molecular flexibility index (Phi) is 5.97.